The standard InChI is InChI=1S/C23H21N3O4/c1-26(13-5-12-24)22(27)15-30-23(28)19-14-21(16-8-10-17(29-2)11-9-16)25-20-7-4-3-6-18(19)20/h3-4,6-11,14H,5,13,15H2,1-2H3. The minimum atomic E-state index is -0.606. The van der Waals surface area contributed by atoms with Crippen LogP contribution in [0, 0.1) is 11.3 Å². The summed E-state index contributed by atoms with van der Waals surface area (Å²) in [5.74, 6) is -0.254. The van der Waals surface area contributed by atoms with Gasteiger partial charge in [0.05, 0.1) is 36.4 Å². The fraction of sp³-hybridized carbons (Fsp3) is 0.217. The number of ether oxygens (including phenoxy) is 2. The van der Waals surface area contributed by atoms with Crippen molar-refractivity contribution in [1.82, 2.24) is 9.88 Å². The molecule has 30 heavy (non-hydrogen) atoms. The lowest BCUT2D eigenvalue weighted by atomic mass is 10.0. The highest BCUT2D eigenvalue weighted by Gasteiger charge is 2.18. The van der Waals surface area contributed by atoms with Gasteiger partial charge in [0.1, 0.15) is 5.75 Å². The maximum absolute atomic E-state index is 12.8. The van der Waals surface area contributed by atoms with E-state index in [1.165, 1.54) is 4.90 Å². The van der Waals surface area contributed by atoms with Crippen molar-refractivity contribution in [2.24, 2.45) is 0 Å². The number of aromatic nitrogens is 1. The first kappa shape index (κ1) is 20.8. The molecule has 0 saturated carbocycles. The Morgan fingerprint density at radius 1 is 1.13 bits per heavy atom. The molecule has 0 aliphatic rings. The van der Waals surface area contributed by atoms with Crippen molar-refractivity contribution in [3.05, 3.63) is 60.2 Å². The number of amides is 1. The first-order chi connectivity index (χ1) is 14.5. The molecule has 1 heterocycles. The summed E-state index contributed by atoms with van der Waals surface area (Å²) in [5, 5.41) is 9.27. The molecule has 0 aliphatic heterocycles. The summed E-state index contributed by atoms with van der Waals surface area (Å²) in [6.07, 6.45) is 0.219. The van der Waals surface area contributed by atoms with Crippen molar-refractivity contribution in [2.75, 3.05) is 27.3 Å². The lowest BCUT2D eigenvalue weighted by Crippen LogP contribution is -2.32. The Kier molecular flexibility index (Phi) is 6.60. The Labute approximate surface area is 174 Å². The van der Waals surface area contributed by atoms with Crippen LogP contribution in [0.3, 0.4) is 0 Å². The summed E-state index contributed by atoms with van der Waals surface area (Å²) in [4.78, 5) is 30.9. The minimum absolute atomic E-state index is 0.219. The van der Waals surface area contributed by atoms with E-state index in [0.717, 1.165) is 11.3 Å². The minimum Gasteiger partial charge on any atom is -0.497 e. The summed E-state index contributed by atoms with van der Waals surface area (Å²) in [6.45, 7) is -0.109. The van der Waals surface area contributed by atoms with Gasteiger partial charge in [0.2, 0.25) is 0 Å². The van der Waals surface area contributed by atoms with Crippen LogP contribution in [0.25, 0.3) is 22.2 Å². The van der Waals surface area contributed by atoms with Crippen LogP contribution in [-0.2, 0) is 9.53 Å². The molecule has 0 bridgehead atoms. The lowest BCUT2D eigenvalue weighted by Gasteiger charge is -2.15. The SMILES string of the molecule is COc1ccc(-c2cc(C(=O)OCC(=O)N(C)CCC#N)c3ccccc3n2)cc1. The number of carbonyl (C=O) groups is 2. The Hall–Kier alpha value is -3.92. The Morgan fingerprint density at radius 2 is 1.87 bits per heavy atom. The zero-order valence-electron chi connectivity index (χ0n) is 16.8. The third-order valence-electron chi connectivity index (χ3n) is 4.63. The number of likely N-dealkylation sites (N-methyl/N-ethyl adjacent to an activating group) is 1. The van der Waals surface area contributed by atoms with Crippen molar-refractivity contribution in [1.29, 1.82) is 5.26 Å². The summed E-state index contributed by atoms with van der Waals surface area (Å²) >= 11 is 0. The first-order valence-corrected chi connectivity index (χ1v) is 9.35. The number of pyridine rings is 1. The highest BCUT2D eigenvalue weighted by atomic mass is 16.5. The van der Waals surface area contributed by atoms with Gasteiger partial charge < -0.3 is 14.4 Å². The second-order valence-corrected chi connectivity index (χ2v) is 6.60. The van der Waals surface area contributed by atoms with E-state index in [9.17, 15) is 9.59 Å². The van der Waals surface area contributed by atoms with E-state index in [1.54, 1.807) is 26.3 Å². The van der Waals surface area contributed by atoms with Crippen molar-refractivity contribution in [3.8, 4) is 23.1 Å². The Balaban J connectivity index is 1.87. The van der Waals surface area contributed by atoms with Crippen LogP contribution in [-0.4, -0.2) is 49.1 Å². The van der Waals surface area contributed by atoms with Crippen LogP contribution in [0.15, 0.2) is 54.6 Å². The molecule has 0 unspecified atom stereocenters. The molecule has 3 aromatic rings. The molecule has 0 N–H and O–H groups in total. The van der Waals surface area contributed by atoms with Gasteiger partial charge in [-0.2, -0.15) is 5.26 Å². The third kappa shape index (κ3) is 4.73. The molecule has 0 fully saturated rings. The molecule has 3 rings (SSSR count). The number of hydrogen-bond donors (Lipinski definition) is 0. The van der Waals surface area contributed by atoms with Crippen LogP contribution < -0.4 is 4.74 Å². The van der Waals surface area contributed by atoms with Crippen molar-refractivity contribution >= 4 is 22.8 Å². The second kappa shape index (κ2) is 9.52. The fourth-order valence-corrected chi connectivity index (χ4v) is 2.91. The maximum Gasteiger partial charge on any atom is 0.339 e. The van der Waals surface area contributed by atoms with E-state index in [2.05, 4.69) is 4.98 Å². The summed E-state index contributed by atoms with van der Waals surface area (Å²) in [5.41, 5.74) is 2.41. The fourth-order valence-electron chi connectivity index (χ4n) is 2.91. The molecule has 7 nitrogen and oxygen atoms in total. The van der Waals surface area contributed by atoms with E-state index >= 15 is 0 Å². The number of nitrogens with zero attached hydrogens (tertiary/aromatic N) is 3. The van der Waals surface area contributed by atoms with Crippen molar-refractivity contribution in [3.63, 3.8) is 0 Å². The van der Waals surface area contributed by atoms with Crippen LogP contribution in [0.2, 0.25) is 0 Å². The summed E-state index contributed by atoms with van der Waals surface area (Å²) in [7, 11) is 3.16. The van der Waals surface area contributed by atoms with Gasteiger partial charge in [0, 0.05) is 24.5 Å². The number of carbonyl (C=O) groups excluding carboxylic acids is 2. The normalized spacial score (nSPS) is 10.3. The van der Waals surface area contributed by atoms with Crippen molar-refractivity contribution < 1.29 is 19.1 Å². The summed E-state index contributed by atoms with van der Waals surface area (Å²) in [6, 6.07) is 18.3. The van der Waals surface area contributed by atoms with Crippen LogP contribution >= 0.6 is 0 Å². The van der Waals surface area contributed by atoms with E-state index in [4.69, 9.17) is 14.7 Å². The average Bonchev–Trinajstić information content (AvgIpc) is 2.79. The van der Waals surface area contributed by atoms with E-state index in [1.807, 2.05) is 48.5 Å². The molecule has 7 heteroatoms. The van der Waals surface area contributed by atoms with Gasteiger partial charge in [0.15, 0.2) is 6.61 Å². The number of hydrogen-bond acceptors (Lipinski definition) is 6. The van der Waals surface area contributed by atoms with Crippen LogP contribution in [0.4, 0.5) is 0 Å². The molecule has 0 saturated heterocycles. The number of fused-ring (bicyclic) bond motifs is 1. The third-order valence-corrected chi connectivity index (χ3v) is 4.63. The predicted molar refractivity (Wildman–Crippen MR) is 112 cm³/mol. The number of para-hydroxylation sites is 1. The van der Waals surface area contributed by atoms with Gasteiger partial charge in [0.25, 0.3) is 5.91 Å². The molecule has 0 spiro atoms. The smallest absolute Gasteiger partial charge is 0.339 e. The Bertz CT molecular complexity index is 1100. The van der Waals surface area contributed by atoms with Gasteiger partial charge in [-0.1, -0.05) is 18.2 Å². The van der Waals surface area contributed by atoms with Gasteiger partial charge in [-0.25, -0.2) is 9.78 Å². The van der Waals surface area contributed by atoms with E-state index < -0.39 is 12.6 Å². The number of nitriles is 1. The van der Waals surface area contributed by atoms with Gasteiger partial charge in [-0.15, -0.1) is 0 Å². The number of methoxy groups -OCH3 is 1. The van der Waals surface area contributed by atoms with Gasteiger partial charge in [-0.05, 0) is 36.4 Å². The van der Waals surface area contributed by atoms with Crippen LogP contribution in [0.5, 0.6) is 5.75 Å². The molecule has 1 amide bonds. The zero-order valence-corrected chi connectivity index (χ0v) is 16.8. The largest absolute Gasteiger partial charge is 0.497 e. The first-order valence-electron chi connectivity index (χ1n) is 9.35. The van der Waals surface area contributed by atoms with E-state index in [-0.39, 0.29) is 18.9 Å². The van der Waals surface area contributed by atoms with Crippen LogP contribution in [0.1, 0.15) is 16.8 Å². The van der Waals surface area contributed by atoms with Crippen molar-refractivity contribution in [2.45, 2.75) is 6.42 Å². The highest BCUT2D eigenvalue weighted by Crippen LogP contribution is 2.26. The zero-order chi connectivity index (χ0) is 21.5. The molecular weight excluding hydrogens is 382 g/mol. The number of benzene rings is 2. The molecule has 1 aromatic heterocycles. The topological polar surface area (TPSA) is 92.5 Å². The average molecular weight is 403 g/mol. The van der Waals surface area contributed by atoms with Gasteiger partial charge >= 0.3 is 5.97 Å². The molecule has 0 aliphatic carbocycles. The monoisotopic (exact) mass is 403 g/mol. The highest BCUT2D eigenvalue weighted by molar-refractivity contribution is 6.05. The second-order valence-electron chi connectivity index (χ2n) is 6.60. The number of esters is 1. The molecule has 0 atom stereocenters. The predicted octanol–water partition coefficient (Wildman–Crippen LogP) is 3.44. The lowest BCUT2D eigenvalue weighted by molar-refractivity contribution is -0.133. The quantitative estimate of drug-likeness (QED) is 0.561. The number of rotatable bonds is 7. The maximum atomic E-state index is 12.8. The summed E-state index contributed by atoms with van der Waals surface area (Å²) < 4.78 is 10.5. The molecular formula is C23H21N3O4. The Morgan fingerprint density at radius 3 is 2.57 bits per heavy atom. The van der Waals surface area contributed by atoms with E-state index in [0.29, 0.717) is 22.2 Å². The molecule has 0 radical (unpaired) electrons. The molecule has 152 valence electrons. The van der Waals surface area contributed by atoms with Gasteiger partial charge in [-0.3, -0.25) is 4.79 Å². The molecule has 2 aromatic carbocycles.